The van der Waals surface area contributed by atoms with Crippen LogP contribution < -0.4 is 4.90 Å². The van der Waals surface area contributed by atoms with Crippen molar-refractivity contribution >= 4 is 11.9 Å². The van der Waals surface area contributed by atoms with Gasteiger partial charge in [-0.15, -0.1) is 0 Å². The van der Waals surface area contributed by atoms with E-state index in [1.807, 2.05) is 0 Å². The Morgan fingerprint density at radius 3 is 3.00 bits per heavy atom. The average Bonchev–Trinajstić information content (AvgIpc) is 2.35. The van der Waals surface area contributed by atoms with Gasteiger partial charge in [0.1, 0.15) is 6.54 Å². The first-order chi connectivity index (χ1) is 5.20. The third-order valence-electron chi connectivity index (χ3n) is 1.25. The first-order valence-electron chi connectivity index (χ1n) is 3.16. The van der Waals surface area contributed by atoms with E-state index < -0.39 is 5.97 Å². The Hall–Kier alpha value is -1.45. The third-order valence-corrected chi connectivity index (χ3v) is 1.25. The number of likely N-dealkylation sites (N-methyl/N-ethyl adjacent to an activating group) is 1. The van der Waals surface area contributed by atoms with Crippen molar-refractivity contribution in [3.8, 4) is 0 Å². The molecule has 0 spiro atoms. The molecule has 1 N–H and O–H groups in total. The molecule has 0 aliphatic rings. The number of carboxylic acid groups (broad SMARTS) is 1. The summed E-state index contributed by atoms with van der Waals surface area (Å²) in [5.41, 5.74) is 0. The molecular formula is C7H9NO3. The predicted molar refractivity (Wildman–Crippen MR) is 39.6 cm³/mol. The molecule has 4 heteroatoms. The largest absolute Gasteiger partial charge is 0.480 e. The summed E-state index contributed by atoms with van der Waals surface area (Å²) in [5, 5.41) is 8.40. The van der Waals surface area contributed by atoms with Crippen molar-refractivity contribution in [2.45, 2.75) is 0 Å². The van der Waals surface area contributed by atoms with Crippen molar-refractivity contribution in [3.63, 3.8) is 0 Å². The van der Waals surface area contributed by atoms with Crippen LogP contribution in [0.1, 0.15) is 0 Å². The van der Waals surface area contributed by atoms with Gasteiger partial charge < -0.3 is 14.4 Å². The Bertz CT molecular complexity index is 230. The van der Waals surface area contributed by atoms with Crippen LogP contribution in [0.3, 0.4) is 0 Å². The third kappa shape index (κ3) is 2.00. The Morgan fingerprint density at radius 1 is 1.82 bits per heavy atom. The minimum atomic E-state index is -0.871. The number of anilines is 1. The molecule has 0 saturated carbocycles. The Morgan fingerprint density at radius 2 is 2.55 bits per heavy atom. The van der Waals surface area contributed by atoms with Crippen molar-refractivity contribution in [1.82, 2.24) is 0 Å². The zero-order valence-electron chi connectivity index (χ0n) is 6.15. The number of furan rings is 1. The van der Waals surface area contributed by atoms with Gasteiger partial charge in [0.05, 0.1) is 6.26 Å². The molecule has 0 unspecified atom stereocenters. The van der Waals surface area contributed by atoms with Crippen LogP contribution in [0.5, 0.6) is 0 Å². The van der Waals surface area contributed by atoms with Crippen LogP contribution in [0.25, 0.3) is 0 Å². The summed E-state index contributed by atoms with van der Waals surface area (Å²) in [4.78, 5) is 11.7. The average molecular weight is 155 g/mol. The second-order valence-electron chi connectivity index (χ2n) is 2.20. The maximum atomic E-state index is 10.2. The predicted octanol–water partition coefficient (Wildman–Crippen LogP) is 0.800. The topological polar surface area (TPSA) is 53.7 Å². The molecule has 1 heterocycles. The van der Waals surface area contributed by atoms with Crippen molar-refractivity contribution < 1.29 is 14.3 Å². The molecule has 1 rings (SSSR count). The summed E-state index contributed by atoms with van der Waals surface area (Å²) in [6, 6.07) is 3.43. The lowest BCUT2D eigenvalue weighted by Crippen LogP contribution is -2.24. The summed E-state index contributed by atoms with van der Waals surface area (Å²) >= 11 is 0. The number of aliphatic carboxylic acids is 1. The number of carboxylic acids is 1. The van der Waals surface area contributed by atoms with Gasteiger partial charge in [-0.3, -0.25) is 4.79 Å². The minimum absolute atomic E-state index is 0.0481. The zero-order valence-corrected chi connectivity index (χ0v) is 6.15. The number of rotatable bonds is 3. The van der Waals surface area contributed by atoms with Gasteiger partial charge >= 0.3 is 5.97 Å². The van der Waals surface area contributed by atoms with Crippen LogP contribution in [0.2, 0.25) is 0 Å². The lowest BCUT2D eigenvalue weighted by Gasteiger charge is -2.11. The SMILES string of the molecule is CN(CC(=O)O)c1ccco1. The highest BCUT2D eigenvalue weighted by Crippen LogP contribution is 2.11. The van der Waals surface area contributed by atoms with Crippen molar-refractivity contribution in [1.29, 1.82) is 0 Å². The number of carbonyl (C=O) groups is 1. The molecule has 4 nitrogen and oxygen atoms in total. The van der Waals surface area contributed by atoms with E-state index in [-0.39, 0.29) is 6.54 Å². The Balaban J connectivity index is 2.56. The number of hydrogen-bond acceptors (Lipinski definition) is 3. The van der Waals surface area contributed by atoms with Crippen LogP contribution in [-0.2, 0) is 4.79 Å². The molecular weight excluding hydrogens is 146 g/mol. The Kier molecular flexibility index (Phi) is 2.15. The molecule has 0 aliphatic carbocycles. The summed E-state index contributed by atoms with van der Waals surface area (Å²) in [7, 11) is 1.66. The molecule has 11 heavy (non-hydrogen) atoms. The fourth-order valence-corrected chi connectivity index (χ4v) is 0.768. The summed E-state index contributed by atoms with van der Waals surface area (Å²) < 4.78 is 4.96. The second kappa shape index (κ2) is 3.09. The van der Waals surface area contributed by atoms with Crippen LogP contribution in [0.15, 0.2) is 22.8 Å². The highest BCUT2D eigenvalue weighted by atomic mass is 16.4. The van der Waals surface area contributed by atoms with Gasteiger partial charge in [0.15, 0.2) is 5.88 Å². The van der Waals surface area contributed by atoms with Crippen molar-refractivity contribution in [2.75, 3.05) is 18.5 Å². The fraction of sp³-hybridized carbons (Fsp3) is 0.286. The minimum Gasteiger partial charge on any atom is -0.480 e. The molecule has 1 aromatic heterocycles. The fourth-order valence-electron chi connectivity index (χ4n) is 0.768. The van der Waals surface area contributed by atoms with E-state index in [2.05, 4.69) is 0 Å². The van der Waals surface area contributed by atoms with E-state index in [4.69, 9.17) is 9.52 Å². The summed E-state index contributed by atoms with van der Waals surface area (Å²) in [6.45, 7) is -0.0481. The van der Waals surface area contributed by atoms with E-state index in [0.717, 1.165) is 0 Å². The van der Waals surface area contributed by atoms with Gasteiger partial charge in [0.2, 0.25) is 0 Å². The second-order valence-corrected chi connectivity index (χ2v) is 2.20. The van der Waals surface area contributed by atoms with E-state index in [1.54, 1.807) is 19.2 Å². The maximum absolute atomic E-state index is 10.2. The van der Waals surface area contributed by atoms with Crippen molar-refractivity contribution in [3.05, 3.63) is 18.4 Å². The first kappa shape index (κ1) is 7.65. The van der Waals surface area contributed by atoms with Crippen LogP contribution in [-0.4, -0.2) is 24.7 Å². The monoisotopic (exact) mass is 155 g/mol. The van der Waals surface area contributed by atoms with E-state index in [9.17, 15) is 4.79 Å². The van der Waals surface area contributed by atoms with E-state index >= 15 is 0 Å². The molecule has 0 radical (unpaired) electrons. The highest BCUT2D eigenvalue weighted by Gasteiger charge is 2.06. The first-order valence-corrected chi connectivity index (χ1v) is 3.16. The molecule has 1 aromatic rings. The van der Waals surface area contributed by atoms with E-state index in [1.165, 1.54) is 11.2 Å². The smallest absolute Gasteiger partial charge is 0.323 e. The Labute approximate surface area is 64.0 Å². The lowest BCUT2D eigenvalue weighted by atomic mass is 10.5. The van der Waals surface area contributed by atoms with Gasteiger partial charge in [-0.1, -0.05) is 0 Å². The van der Waals surface area contributed by atoms with Gasteiger partial charge in [-0.25, -0.2) is 0 Å². The quantitative estimate of drug-likeness (QED) is 0.701. The summed E-state index contributed by atoms with van der Waals surface area (Å²) in [6.07, 6.45) is 1.51. The van der Waals surface area contributed by atoms with Crippen LogP contribution in [0, 0.1) is 0 Å². The molecule has 0 saturated heterocycles. The molecule has 0 amide bonds. The van der Waals surface area contributed by atoms with Crippen LogP contribution in [0.4, 0.5) is 5.88 Å². The molecule has 0 bridgehead atoms. The molecule has 0 aromatic carbocycles. The molecule has 0 atom stereocenters. The molecule has 60 valence electrons. The zero-order chi connectivity index (χ0) is 8.27. The number of nitrogens with zero attached hydrogens (tertiary/aromatic N) is 1. The van der Waals surface area contributed by atoms with Crippen molar-refractivity contribution in [2.24, 2.45) is 0 Å². The molecule has 0 fully saturated rings. The van der Waals surface area contributed by atoms with Gasteiger partial charge in [-0.05, 0) is 6.07 Å². The maximum Gasteiger partial charge on any atom is 0.323 e. The molecule has 0 aliphatic heterocycles. The standard InChI is InChI=1S/C7H9NO3/c1-8(5-7(9)10)6-3-2-4-11-6/h2-4H,5H2,1H3,(H,9,10). The van der Waals surface area contributed by atoms with Crippen LogP contribution >= 0.6 is 0 Å². The summed E-state index contributed by atoms with van der Waals surface area (Å²) in [5.74, 6) is -0.309. The van der Waals surface area contributed by atoms with Gasteiger partial charge in [0.25, 0.3) is 0 Å². The lowest BCUT2D eigenvalue weighted by molar-refractivity contribution is -0.135. The van der Waals surface area contributed by atoms with Gasteiger partial charge in [0, 0.05) is 13.1 Å². The van der Waals surface area contributed by atoms with Gasteiger partial charge in [-0.2, -0.15) is 0 Å². The highest BCUT2D eigenvalue weighted by molar-refractivity contribution is 5.72. The number of hydrogen-bond donors (Lipinski definition) is 1. The van der Waals surface area contributed by atoms with E-state index in [0.29, 0.717) is 5.88 Å². The normalized spacial score (nSPS) is 9.55.